The number of nitrogens with one attached hydrogen (secondary N) is 3. The Bertz CT molecular complexity index is 2460. The van der Waals surface area contributed by atoms with Crippen molar-refractivity contribution in [1.82, 2.24) is 34.4 Å². The van der Waals surface area contributed by atoms with Gasteiger partial charge in [0.05, 0.1) is 39.4 Å². The van der Waals surface area contributed by atoms with Gasteiger partial charge in [-0.05, 0) is 106 Å². The third-order valence-electron chi connectivity index (χ3n) is 13.4. The normalized spacial score (nSPS) is 23.3. The standard InChI is InChI=1S/C44H50N10O2S/c1-27-34(24-47-54(27)26-44-21-28-8-9-29(22-44)19-30(18-28)23-44)32-12-13-53-38(25-46-40(53)39(32)42(56)45-2)48-35-11-10-31(52-16-14-51(3)15-17-52)20-33(35)41(55)50-43-49-36-6-4-5-7-37(36)57-43/h4-7,10-13,20,24-25,28-30,48H,8-9,14-19,21-23,26H2,1-3H3,(H,45,56)(H,49,50,55). The number of carbonyl (C=O) groups excluding carboxylic acids is 2. The molecule has 0 radical (unpaired) electrons. The number of aromatic nitrogens is 5. The molecule has 3 N–H and O–H groups in total. The first-order valence-corrected chi connectivity index (χ1v) is 21.3. The van der Waals surface area contributed by atoms with Crippen molar-refractivity contribution in [3.05, 3.63) is 83.9 Å². The quantitative estimate of drug-likeness (QED) is 0.136. The molecule has 13 heteroatoms. The Kier molecular flexibility index (Phi) is 9.04. The van der Waals surface area contributed by atoms with Crippen molar-refractivity contribution in [1.29, 1.82) is 0 Å². The number of hydrogen-bond acceptors (Lipinski definition) is 9. The summed E-state index contributed by atoms with van der Waals surface area (Å²) in [6, 6.07) is 15.8. The molecule has 5 aliphatic rings. The molecule has 11 rings (SSSR count). The first-order valence-electron chi connectivity index (χ1n) is 20.5. The number of pyridine rings is 1. The lowest BCUT2D eigenvalue weighted by molar-refractivity contribution is 0.0169. The molecule has 5 fully saturated rings. The van der Waals surface area contributed by atoms with Gasteiger partial charge < -0.3 is 20.4 Å². The molecule has 12 nitrogen and oxygen atoms in total. The van der Waals surface area contributed by atoms with Crippen molar-refractivity contribution < 1.29 is 9.59 Å². The Morgan fingerprint density at radius 2 is 1.68 bits per heavy atom. The number of nitrogens with zero attached hydrogens (tertiary/aromatic N) is 7. The highest BCUT2D eigenvalue weighted by molar-refractivity contribution is 7.22. The van der Waals surface area contributed by atoms with Gasteiger partial charge in [-0.3, -0.25) is 24.0 Å². The first kappa shape index (κ1) is 36.1. The number of imidazole rings is 1. The van der Waals surface area contributed by atoms with Crippen LogP contribution >= 0.6 is 11.3 Å². The smallest absolute Gasteiger partial charge is 0.259 e. The number of para-hydroxylation sites is 1. The van der Waals surface area contributed by atoms with E-state index < -0.39 is 0 Å². The van der Waals surface area contributed by atoms with Gasteiger partial charge in [-0.2, -0.15) is 5.10 Å². The van der Waals surface area contributed by atoms with Gasteiger partial charge in [0.15, 0.2) is 10.8 Å². The average molecular weight is 783 g/mol. The van der Waals surface area contributed by atoms with Gasteiger partial charge in [0.1, 0.15) is 5.82 Å². The van der Waals surface area contributed by atoms with Gasteiger partial charge in [0.2, 0.25) is 0 Å². The van der Waals surface area contributed by atoms with E-state index in [-0.39, 0.29) is 11.8 Å². The monoisotopic (exact) mass is 782 g/mol. The number of fused-ring (bicyclic) bond motifs is 3. The van der Waals surface area contributed by atoms with Gasteiger partial charge in [0, 0.05) is 68.5 Å². The summed E-state index contributed by atoms with van der Waals surface area (Å²) in [5, 5.41) is 15.0. The van der Waals surface area contributed by atoms with Crippen LogP contribution in [0.15, 0.2) is 67.1 Å². The summed E-state index contributed by atoms with van der Waals surface area (Å²) in [4.78, 5) is 42.0. The molecule has 4 bridgehead atoms. The van der Waals surface area contributed by atoms with Gasteiger partial charge >= 0.3 is 0 Å². The summed E-state index contributed by atoms with van der Waals surface area (Å²) >= 11 is 1.45. The van der Waals surface area contributed by atoms with Crippen LogP contribution in [0.3, 0.4) is 0 Å². The summed E-state index contributed by atoms with van der Waals surface area (Å²) in [5.41, 5.74) is 7.11. The van der Waals surface area contributed by atoms with Crippen LogP contribution in [-0.2, 0) is 6.54 Å². The van der Waals surface area contributed by atoms with Crippen LogP contribution in [-0.4, -0.2) is 81.1 Å². The molecule has 4 aliphatic carbocycles. The number of anilines is 4. The van der Waals surface area contributed by atoms with Crippen molar-refractivity contribution in [3.63, 3.8) is 0 Å². The predicted octanol–water partition coefficient (Wildman–Crippen LogP) is 7.83. The van der Waals surface area contributed by atoms with Crippen molar-refractivity contribution in [2.24, 2.45) is 23.2 Å². The fourth-order valence-corrected chi connectivity index (χ4v) is 11.6. The maximum atomic E-state index is 14.1. The second-order valence-corrected chi connectivity index (χ2v) is 18.2. The summed E-state index contributed by atoms with van der Waals surface area (Å²) in [5.74, 6) is 2.74. The molecule has 57 heavy (non-hydrogen) atoms. The van der Waals surface area contributed by atoms with Crippen LogP contribution in [0.2, 0.25) is 0 Å². The highest BCUT2D eigenvalue weighted by Gasteiger charge is 2.48. The number of thiazole rings is 1. The Labute approximate surface area is 336 Å². The third-order valence-corrected chi connectivity index (χ3v) is 14.3. The van der Waals surface area contributed by atoms with E-state index in [1.54, 1.807) is 13.2 Å². The molecule has 1 saturated heterocycles. The SMILES string of the molecule is CNC(=O)c1c(-c2cnn(CC34CC5CCC(CC(C5)C3)C4)c2C)ccn2c(Nc3ccc(N4CCN(C)CC4)cc3C(=O)Nc3nc4ccccc4s3)cnc12. The molecule has 1 aliphatic heterocycles. The largest absolute Gasteiger partial charge is 0.369 e. The number of amides is 2. The van der Waals surface area contributed by atoms with Crippen LogP contribution in [0.25, 0.3) is 27.0 Å². The molecule has 2 atom stereocenters. The van der Waals surface area contributed by atoms with Gasteiger partial charge in [-0.25, -0.2) is 9.97 Å². The second-order valence-electron chi connectivity index (χ2n) is 17.2. The van der Waals surface area contributed by atoms with Crippen molar-refractivity contribution in [2.45, 2.75) is 58.4 Å². The molecule has 0 spiro atoms. The Balaban J connectivity index is 0.977. The highest BCUT2D eigenvalue weighted by atomic mass is 32.1. The summed E-state index contributed by atoms with van der Waals surface area (Å²) in [6.07, 6.45) is 15.2. The van der Waals surface area contributed by atoms with E-state index in [4.69, 9.17) is 10.1 Å². The van der Waals surface area contributed by atoms with Crippen LogP contribution in [0.4, 0.5) is 22.3 Å². The van der Waals surface area contributed by atoms with Crippen molar-refractivity contribution in [3.8, 4) is 11.1 Å². The summed E-state index contributed by atoms with van der Waals surface area (Å²) < 4.78 is 5.11. The fourth-order valence-electron chi connectivity index (χ4n) is 10.8. The first-order chi connectivity index (χ1) is 27.7. The topological polar surface area (TPSA) is 125 Å². The predicted molar refractivity (Wildman–Crippen MR) is 227 cm³/mol. The van der Waals surface area contributed by atoms with Crippen molar-refractivity contribution >= 4 is 61.3 Å². The Morgan fingerprint density at radius 1 is 0.912 bits per heavy atom. The molecule has 4 aromatic heterocycles. The molecule has 5 heterocycles. The van der Waals surface area contributed by atoms with Crippen LogP contribution < -0.4 is 20.9 Å². The molecule has 2 amide bonds. The minimum atomic E-state index is -0.258. The fraction of sp³-hybridized carbons (Fsp3) is 0.432. The van der Waals surface area contributed by atoms with E-state index >= 15 is 0 Å². The van der Waals surface area contributed by atoms with E-state index in [9.17, 15) is 9.59 Å². The van der Waals surface area contributed by atoms with Gasteiger partial charge in [-0.15, -0.1) is 0 Å². The lowest BCUT2D eigenvalue weighted by Gasteiger charge is -2.48. The maximum absolute atomic E-state index is 14.1. The van der Waals surface area contributed by atoms with Crippen LogP contribution in [0, 0.1) is 30.1 Å². The zero-order chi connectivity index (χ0) is 38.8. The lowest BCUT2D eigenvalue weighted by atomic mass is 9.58. The Hall–Kier alpha value is -5.27. The molecular weight excluding hydrogens is 733 g/mol. The number of hydrogen-bond donors (Lipinski definition) is 3. The molecular formula is C44H50N10O2S. The number of benzene rings is 2. The second kappa shape index (κ2) is 14.3. The summed E-state index contributed by atoms with van der Waals surface area (Å²) in [6.45, 7) is 6.74. The molecule has 6 aromatic rings. The van der Waals surface area contributed by atoms with E-state index in [1.165, 1.54) is 56.3 Å². The van der Waals surface area contributed by atoms with E-state index in [0.29, 0.717) is 38.8 Å². The maximum Gasteiger partial charge on any atom is 0.259 e. The molecule has 294 valence electrons. The van der Waals surface area contributed by atoms with Crippen LogP contribution in [0.5, 0.6) is 0 Å². The van der Waals surface area contributed by atoms with Gasteiger partial charge in [0.25, 0.3) is 11.8 Å². The van der Waals surface area contributed by atoms with E-state index in [0.717, 1.165) is 83.2 Å². The third kappa shape index (κ3) is 6.64. The average Bonchev–Trinajstić information content (AvgIpc) is 3.87. The molecule has 2 unspecified atom stereocenters. The van der Waals surface area contributed by atoms with Crippen molar-refractivity contribution in [2.75, 3.05) is 55.8 Å². The number of carbonyl (C=O) groups is 2. The number of rotatable bonds is 9. The summed E-state index contributed by atoms with van der Waals surface area (Å²) in [7, 11) is 3.79. The van der Waals surface area contributed by atoms with E-state index in [2.05, 4.69) is 55.5 Å². The molecule has 4 saturated carbocycles. The minimum Gasteiger partial charge on any atom is -0.369 e. The van der Waals surface area contributed by atoms with E-state index in [1.807, 2.05) is 59.3 Å². The number of likely N-dealkylation sites (N-methyl/N-ethyl adjacent to an activating group) is 1. The number of piperazine rings is 1. The molecule has 2 aromatic carbocycles. The van der Waals surface area contributed by atoms with Crippen LogP contribution in [0.1, 0.15) is 71.4 Å². The highest BCUT2D eigenvalue weighted by Crippen LogP contribution is 2.58. The zero-order valence-electron chi connectivity index (χ0n) is 32.9. The minimum absolute atomic E-state index is 0.218. The van der Waals surface area contributed by atoms with Gasteiger partial charge in [-0.1, -0.05) is 36.3 Å². The lowest BCUT2D eigenvalue weighted by Crippen LogP contribution is -2.44. The zero-order valence-corrected chi connectivity index (χ0v) is 33.7. The Morgan fingerprint density at radius 3 is 2.46 bits per heavy atom.